The Morgan fingerprint density at radius 2 is 1.85 bits per heavy atom. The molecule has 170 valence electrons. The van der Waals surface area contributed by atoms with Gasteiger partial charge in [0.15, 0.2) is 0 Å². The Kier molecular flexibility index (Phi) is 8.40. The van der Waals surface area contributed by atoms with Gasteiger partial charge in [-0.05, 0) is 48.4 Å². The largest absolute Gasteiger partial charge is 0.488 e. The number of carbonyl (C=O) groups is 2. The van der Waals surface area contributed by atoms with Crippen molar-refractivity contribution in [2.75, 3.05) is 5.32 Å². The number of nitrogens with zero attached hydrogens (tertiary/aromatic N) is 1. The number of hydrogen-bond donors (Lipinski definition) is 2. The van der Waals surface area contributed by atoms with Crippen LogP contribution in [0.4, 0.5) is 10.1 Å². The standard InChI is InChI=1S/C24H20Cl2FN3O3/c1-2-15-6-3-4-9-21(15)29-23(31)24(32)30-28-13-16-12-17(25)10-11-22(16)33-14-18-19(26)7-5-8-20(18)27/h3-13H,2,14H2,1H3,(H,29,31)(H,30,32)/b28-13-. The van der Waals surface area contributed by atoms with E-state index in [0.29, 0.717) is 28.4 Å². The molecule has 0 atom stereocenters. The predicted molar refractivity (Wildman–Crippen MR) is 127 cm³/mol. The van der Waals surface area contributed by atoms with E-state index in [-0.39, 0.29) is 17.2 Å². The zero-order chi connectivity index (χ0) is 23.8. The summed E-state index contributed by atoms with van der Waals surface area (Å²) in [7, 11) is 0. The first-order chi connectivity index (χ1) is 15.9. The average Bonchev–Trinajstić information content (AvgIpc) is 2.80. The minimum atomic E-state index is -0.945. The molecule has 0 saturated carbocycles. The van der Waals surface area contributed by atoms with Crippen LogP contribution in [0.25, 0.3) is 0 Å². The van der Waals surface area contributed by atoms with E-state index in [1.807, 2.05) is 19.1 Å². The average molecular weight is 488 g/mol. The molecule has 3 aromatic carbocycles. The van der Waals surface area contributed by atoms with Crippen LogP contribution in [0.3, 0.4) is 0 Å². The van der Waals surface area contributed by atoms with Crippen molar-refractivity contribution in [1.82, 2.24) is 5.43 Å². The second kappa shape index (κ2) is 11.4. The SMILES string of the molecule is CCc1ccccc1NC(=O)C(=O)N/N=C\c1cc(Cl)ccc1OCc1c(F)cccc1Cl. The Morgan fingerprint density at radius 3 is 2.61 bits per heavy atom. The number of aryl methyl sites for hydroxylation is 1. The Balaban J connectivity index is 1.66. The van der Waals surface area contributed by atoms with Crippen LogP contribution >= 0.6 is 23.2 Å². The van der Waals surface area contributed by atoms with Crippen molar-refractivity contribution in [3.63, 3.8) is 0 Å². The van der Waals surface area contributed by atoms with Gasteiger partial charge in [-0.1, -0.05) is 54.4 Å². The third kappa shape index (κ3) is 6.54. The van der Waals surface area contributed by atoms with Crippen LogP contribution in [-0.2, 0) is 22.6 Å². The lowest BCUT2D eigenvalue weighted by atomic mass is 10.1. The third-order valence-corrected chi connectivity index (χ3v) is 5.22. The first kappa shape index (κ1) is 24.2. The second-order valence-electron chi connectivity index (χ2n) is 6.83. The number of benzene rings is 3. The number of anilines is 1. The Labute approximate surface area is 200 Å². The van der Waals surface area contributed by atoms with Gasteiger partial charge in [-0.3, -0.25) is 9.59 Å². The quantitative estimate of drug-likeness (QED) is 0.267. The van der Waals surface area contributed by atoms with Crippen molar-refractivity contribution in [2.45, 2.75) is 20.0 Å². The van der Waals surface area contributed by atoms with Crippen LogP contribution in [0, 0.1) is 5.82 Å². The molecule has 0 radical (unpaired) electrons. The van der Waals surface area contributed by atoms with Crippen molar-refractivity contribution >= 4 is 46.9 Å². The second-order valence-corrected chi connectivity index (χ2v) is 7.68. The third-order valence-electron chi connectivity index (χ3n) is 4.63. The molecule has 0 aliphatic rings. The number of rotatable bonds is 7. The number of halogens is 3. The Morgan fingerprint density at radius 1 is 1.06 bits per heavy atom. The monoisotopic (exact) mass is 487 g/mol. The predicted octanol–water partition coefficient (Wildman–Crippen LogP) is 5.36. The molecule has 0 aliphatic carbocycles. The van der Waals surface area contributed by atoms with E-state index >= 15 is 0 Å². The highest BCUT2D eigenvalue weighted by molar-refractivity contribution is 6.39. The van der Waals surface area contributed by atoms with E-state index in [2.05, 4.69) is 15.8 Å². The summed E-state index contributed by atoms with van der Waals surface area (Å²) in [4.78, 5) is 24.3. The van der Waals surface area contributed by atoms with Crippen molar-refractivity contribution in [1.29, 1.82) is 0 Å². The van der Waals surface area contributed by atoms with Crippen LogP contribution in [0.15, 0.2) is 65.8 Å². The molecule has 2 amide bonds. The molecule has 0 aromatic heterocycles. The molecule has 9 heteroatoms. The first-order valence-corrected chi connectivity index (χ1v) is 10.7. The maximum atomic E-state index is 14.0. The molecule has 2 N–H and O–H groups in total. The van der Waals surface area contributed by atoms with Gasteiger partial charge in [-0.25, -0.2) is 9.82 Å². The fraction of sp³-hybridized carbons (Fsp3) is 0.125. The molecule has 3 aromatic rings. The van der Waals surface area contributed by atoms with Gasteiger partial charge in [0.05, 0.1) is 11.2 Å². The molecule has 0 bridgehead atoms. The van der Waals surface area contributed by atoms with Gasteiger partial charge in [0, 0.05) is 21.8 Å². The molecule has 3 rings (SSSR count). The summed E-state index contributed by atoms with van der Waals surface area (Å²) in [6.45, 7) is 1.82. The lowest BCUT2D eigenvalue weighted by Gasteiger charge is -2.11. The minimum absolute atomic E-state index is 0.125. The molecule has 0 fully saturated rings. The highest BCUT2D eigenvalue weighted by Crippen LogP contribution is 2.25. The number of ether oxygens (including phenoxy) is 1. The molecular formula is C24H20Cl2FN3O3. The number of para-hydroxylation sites is 1. The summed E-state index contributed by atoms with van der Waals surface area (Å²) in [6.07, 6.45) is 1.97. The van der Waals surface area contributed by atoms with Crippen LogP contribution in [0.2, 0.25) is 10.0 Å². The summed E-state index contributed by atoms with van der Waals surface area (Å²) >= 11 is 12.1. The van der Waals surface area contributed by atoms with Crippen molar-refractivity contribution in [3.8, 4) is 5.75 Å². The van der Waals surface area contributed by atoms with Crippen molar-refractivity contribution < 1.29 is 18.7 Å². The van der Waals surface area contributed by atoms with E-state index in [1.54, 1.807) is 36.4 Å². The maximum absolute atomic E-state index is 14.0. The number of hydrogen-bond acceptors (Lipinski definition) is 4. The smallest absolute Gasteiger partial charge is 0.329 e. The van der Waals surface area contributed by atoms with Gasteiger partial charge in [0.25, 0.3) is 0 Å². The van der Waals surface area contributed by atoms with Crippen LogP contribution < -0.4 is 15.5 Å². The van der Waals surface area contributed by atoms with Crippen molar-refractivity contribution in [2.24, 2.45) is 5.10 Å². The van der Waals surface area contributed by atoms with E-state index in [0.717, 1.165) is 5.56 Å². The van der Waals surface area contributed by atoms with Crippen LogP contribution in [0.5, 0.6) is 5.75 Å². The minimum Gasteiger partial charge on any atom is -0.488 e. The van der Waals surface area contributed by atoms with E-state index in [4.69, 9.17) is 27.9 Å². The zero-order valence-electron chi connectivity index (χ0n) is 17.6. The fourth-order valence-corrected chi connectivity index (χ4v) is 3.31. The number of nitrogens with one attached hydrogen (secondary N) is 2. The van der Waals surface area contributed by atoms with Crippen LogP contribution in [0.1, 0.15) is 23.6 Å². The highest BCUT2D eigenvalue weighted by Gasteiger charge is 2.14. The van der Waals surface area contributed by atoms with Crippen LogP contribution in [-0.4, -0.2) is 18.0 Å². The molecular weight excluding hydrogens is 468 g/mol. The van der Waals surface area contributed by atoms with Gasteiger partial charge in [0.1, 0.15) is 18.2 Å². The van der Waals surface area contributed by atoms with Gasteiger partial charge in [0.2, 0.25) is 0 Å². The molecule has 0 heterocycles. The highest BCUT2D eigenvalue weighted by atomic mass is 35.5. The Bertz CT molecular complexity index is 1180. The molecule has 6 nitrogen and oxygen atoms in total. The molecule has 0 unspecified atom stereocenters. The topological polar surface area (TPSA) is 79.8 Å². The summed E-state index contributed by atoms with van der Waals surface area (Å²) in [5.41, 5.74) is 4.24. The molecule has 0 spiro atoms. The number of carbonyl (C=O) groups excluding carboxylic acids is 2. The van der Waals surface area contributed by atoms with E-state index in [9.17, 15) is 14.0 Å². The number of amides is 2. The zero-order valence-corrected chi connectivity index (χ0v) is 19.1. The van der Waals surface area contributed by atoms with Gasteiger partial charge >= 0.3 is 11.8 Å². The lowest BCUT2D eigenvalue weighted by molar-refractivity contribution is -0.136. The molecule has 0 aliphatic heterocycles. The molecule has 33 heavy (non-hydrogen) atoms. The van der Waals surface area contributed by atoms with Gasteiger partial charge in [-0.15, -0.1) is 0 Å². The van der Waals surface area contributed by atoms with Crippen molar-refractivity contribution in [3.05, 3.63) is 93.2 Å². The van der Waals surface area contributed by atoms with E-state index < -0.39 is 17.6 Å². The Hall–Kier alpha value is -3.42. The molecule has 0 saturated heterocycles. The first-order valence-electron chi connectivity index (χ1n) is 9.96. The normalized spacial score (nSPS) is 10.8. The lowest BCUT2D eigenvalue weighted by Crippen LogP contribution is -2.32. The van der Waals surface area contributed by atoms with Gasteiger partial charge in [-0.2, -0.15) is 5.10 Å². The van der Waals surface area contributed by atoms with Gasteiger partial charge < -0.3 is 10.1 Å². The fourth-order valence-electron chi connectivity index (χ4n) is 2.91. The summed E-state index contributed by atoms with van der Waals surface area (Å²) < 4.78 is 19.7. The summed E-state index contributed by atoms with van der Waals surface area (Å²) in [5, 5.41) is 7.01. The number of hydrazone groups is 1. The summed E-state index contributed by atoms with van der Waals surface area (Å²) in [6, 6.07) is 16.3. The van der Waals surface area contributed by atoms with E-state index in [1.165, 1.54) is 18.3 Å². The maximum Gasteiger partial charge on any atom is 0.329 e. The summed E-state index contributed by atoms with van der Waals surface area (Å²) in [5.74, 6) is -1.96.